The van der Waals surface area contributed by atoms with Crippen LogP contribution in [-0.2, 0) is 6.42 Å². The Labute approximate surface area is 76.8 Å². The Hall–Kier alpha value is -1.28. The number of hydrogen-bond acceptors (Lipinski definition) is 2. The van der Waals surface area contributed by atoms with E-state index >= 15 is 0 Å². The summed E-state index contributed by atoms with van der Waals surface area (Å²) in [4.78, 5) is 0. The van der Waals surface area contributed by atoms with Crippen molar-refractivity contribution < 1.29 is 9.52 Å². The fourth-order valence-corrected chi connectivity index (χ4v) is 1.64. The fraction of sp³-hybridized carbons (Fsp3) is 0.273. The van der Waals surface area contributed by atoms with Gasteiger partial charge in [0.25, 0.3) is 0 Å². The molecule has 1 aromatic heterocycles. The zero-order chi connectivity index (χ0) is 9.26. The van der Waals surface area contributed by atoms with Crippen LogP contribution in [0, 0.1) is 6.92 Å². The number of hydrogen-bond donors (Lipinski definition) is 1. The van der Waals surface area contributed by atoms with Gasteiger partial charge < -0.3 is 9.52 Å². The van der Waals surface area contributed by atoms with Crippen LogP contribution in [0.4, 0.5) is 0 Å². The third kappa shape index (κ3) is 1.33. The number of benzene rings is 1. The number of furan rings is 1. The van der Waals surface area contributed by atoms with Gasteiger partial charge in [0.1, 0.15) is 11.3 Å². The van der Waals surface area contributed by atoms with Gasteiger partial charge in [0.15, 0.2) is 0 Å². The minimum atomic E-state index is 0.171. The van der Waals surface area contributed by atoms with Gasteiger partial charge in [-0.1, -0.05) is 18.2 Å². The highest BCUT2D eigenvalue weighted by atomic mass is 16.3. The number of aryl methyl sites for hydroxylation is 1. The number of fused-ring (bicyclic) bond motifs is 1. The van der Waals surface area contributed by atoms with Crippen LogP contribution in [0.15, 0.2) is 28.7 Å². The van der Waals surface area contributed by atoms with E-state index < -0.39 is 0 Å². The van der Waals surface area contributed by atoms with Gasteiger partial charge >= 0.3 is 0 Å². The van der Waals surface area contributed by atoms with E-state index in [4.69, 9.17) is 9.52 Å². The molecule has 0 saturated heterocycles. The first-order chi connectivity index (χ1) is 6.33. The van der Waals surface area contributed by atoms with Gasteiger partial charge in [0.2, 0.25) is 0 Å². The first kappa shape index (κ1) is 8.32. The van der Waals surface area contributed by atoms with Crippen molar-refractivity contribution in [3.05, 3.63) is 35.6 Å². The van der Waals surface area contributed by atoms with E-state index in [-0.39, 0.29) is 6.61 Å². The molecule has 0 radical (unpaired) electrons. The quantitative estimate of drug-likeness (QED) is 0.761. The average Bonchev–Trinajstić information content (AvgIpc) is 2.44. The van der Waals surface area contributed by atoms with Crippen LogP contribution in [0.5, 0.6) is 0 Å². The molecule has 0 amide bonds. The zero-order valence-corrected chi connectivity index (χ0v) is 7.58. The molecular formula is C11H12O2. The molecule has 68 valence electrons. The van der Waals surface area contributed by atoms with E-state index in [2.05, 4.69) is 0 Å². The summed E-state index contributed by atoms with van der Waals surface area (Å²) in [5.41, 5.74) is 2.03. The SMILES string of the molecule is Cc1oc2ccccc2c1CCO. The van der Waals surface area contributed by atoms with E-state index in [1.54, 1.807) is 0 Å². The van der Waals surface area contributed by atoms with Crippen molar-refractivity contribution in [3.63, 3.8) is 0 Å². The Balaban J connectivity index is 2.64. The van der Waals surface area contributed by atoms with E-state index in [1.165, 1.54) is 0 Å². The summed E-state index contributed by atoms with van der Waals surface area (Å²) in [6, 6.07) is 7.91. The van der Waals surface area contributed by atoms with Crippen molar-refractivity contribution in [2.75, 3.05) is 6.61 Å². The second-order valence-electron chi connectivity index (χ2n) is 3.11. The minimum absolute atomic E-state index is 0.171. The van der Waals surface area contributed by atoms with E-state index in [9.17, 15) is 0 Å². The number of para-hydroxylation sites is 1. The molecule has 0 fully saturated rings. The molecule has 0 saturated carbocycles. The molecule has 1 N–H and O–H groups in total. The van der Waals surface area contributed by atoms with Gasteiger partial charge in [0, 0.05) is 17.6 Å². The first-order valence-corrected chi connectivity index (χ1v) is 4.41. The van der Waals surface area contributed by atoms with E-state index in [0.717, 1.165) is 22.3 Å². The summed E-state index contributed by atoms with van der Waals surface area (Å²) in [5, 5.41) is 10.00. The Kier molecular flexibility index (Phi) is 2.07. The van der Waals surface area contributed by atoms with E-state index in [1.807, 2.05) is 31.2 Å². The highest BCUT2D eigenvalue weighted by Crippen LogP contribution is 2.25. The van der Waals surface area contributed by atoms with Crippen molar-refractivity contribution in [1.29, 1.82) is 0 Å². The second-order valence-corrected chi connectivity index (χ2v) is 3.11. The zero-order valence-electron chi connectivity index (χ0n) is 7.58. The number of aliphatic hydroxyl groups excluding tert-OH is 1. The summed E-state index contributed by atoms with van der Waals surface area (Å²) in [6.07, 6.45) is 0.669. The van der Waals surface area contributed by atoms with Crippen LogP contribution in [-0.4, -0.2) is 11.7 Å². The third-order valence-corrected chi connectivity index (χ3v) is 2.26. The Morgan fingerprint density at radius 3 is 2.85 bits per heavy atom. The normalized spacial score (nSPS) is 10.9. The van der Waals surface area contributed by atoms with Gasteiger partial charge in [-0.3, -0.25) is 0 Å². The highest BCUT2D eigenvalue weighted by molar-refractivity contribution is 5.82. The molecule has 1 heterocycles. The molecular weight excluding hydrogens is 164 g/mol. The lowest BCUT2D eigenvalue weighted by Gasteiger charge is -1.94. The van der Waals surface area contributed by atoms with Crippen LogP contribution >= 0.6 is 0 Å². The maximum Gasteiger partial charge on any atom is 0.134 e. The molecule has 0 aliphatic carbocycles. The maximum absolute atomic E-state index is 8.88. The molecule has 0 atom stereocenters. The molecule has 0 bridgehead atoms. The van der Waals surface area contributed by atoms with Crippen LogP contribution < -0.4 is 0 Å². The topological polar surface area (TPSA) is 33.4 Å². The smallest absolute Gasteiger partial charge is 0.134 e. The summed E-state index contributed by atoms with van der Waals surface area (Å²) in [6.45, 7) is 2.11. The van der Waals surface area contributed by atoms with Crippen LogP contribution in [0.25, 0.3) is 11.0 Å². The second kappa shape index (κ2) is 3.23. The molecule has 1 aromatic carbocycles. The van der Waals surface area contributed by atoms with Crippen LogP contribution in [0.1, 0.15) is 11.3 Å². The first-order valence-electron chi connectivity index (χ1n) is 4.41. The summed E-state index contributed by atoms with van der Waals surface area (Å²) < 4.78 is 5.54. The maximum atomic E-state index is 8.88. The van der Waals surface area contributed by atoms with E-state index in [0.29, 0.717) is 6.42 Å². The average molecular weight is 176 g/mol. The molecule has 0 aliphatic heterocycles. The molecule has 2 aromatic rings. The molecule has 2 heteroatoms. The molecule has 2 rings (SSSR count). The Morgan fingerprint density at radius 2 is 2.08 bits per heavy atom. The minimum Gasteiger partial charge on any atom is -0.461 e. The van der Waals surface area contributed by atoms with Gasteiger partial charge in [-0.05, 0) is 19.4 Å². The van der Waals surface area contributed by atoms with Crippen molar-refractivity contribution in [2.24, 2.45) is 0 Å². The van der Waals surface area contributed by atoms with Gasteiger partial charge in [-0.15, -0.1) is 0 Å². The molecule has 0 spiro atoms. The van der Waals surface area contributed by atoms with Crippen molar-refractivity contribution in [1.82, 2.24) is 0 Å². The summed E-state index contributed by atoms with van der Waals surface area (Å²) in [5.74, 6) is 0.912. The van der Waals surface area contributed by atoms with Crippen molar-refractivity contribution >= 4 is 11.0 Å². The fourth-order valence-electron chi connectivity index (χ4n) is 1.64. The highest BCUT2D eigenvalue weighted by Gasteiger charge is 2.08. The standard InChI is InChI=1S/C11H12O2/c1-8-9(6-7-12)10-4-2-3-5-11(10)13-8/h2-5,12H,6-7H2,1H3. The van der Waals surface area contributed by atoms with Gasteiger partial charge in [-0.2, -0.15) is 0 Å². The monoisotopic (exact) mass is 176 g/mol. The van der Waals surface area contributed by atoms with Gasteiger partial charge in [-0.25, -0.2) is 0 Å². The summed E-state index contributed by atoms with van der Waals surface area (Å²) in [7, 11) is 0. The number of rotatable bonds is 2. The Bertz CT molecular complexity index is 415. The lowest BCUT2D eigenvalue weighted by molar-refractivity contribution is 0.299. The third-order valence-electron chi connectivity index (χ3n) is 2.26. The van der Waals surface area contributed by atoms with Crippen molar-refractivity contribution in [2.45, 2.75) is 13.3 Å². The molecule has 2 nitrogen and oxygen atoms in total. The van der Waals surface area contributed by atoms with Crippen molar-refractivity contribution in [3.8, 4) is 0 Å². The Morgan fingerprint density at radius 1 is 1.31 bits per heavy atom. The molecule has 13 heavy (non-hydrogen) atoms. The number of aliphatic hydroxyl groups is 1. The lowest BCUT2D eigenvalue weighted by Crippen LogP contribution is -1.90. The van der Waals surface area contributed by atoms with Gasteiger partial charge in [0.05, 0.1) is 0 Å². The van der Waals surface area contributed by atoms with Crippen LogP contribution in [0.2, 0.25) is 0 Å². The predicted octanol–water partition coefficient (Wildman–Crippen LogP) is 2.28. The molecule has 0 unspecified atom stereocenters. The lowest BCUT2D eigenvalue weighted by atomic mass is 10.1. The largest absolute Gasteiger partial charge is 0.461 e. The van der Waals surface area contributed by atoms with Crippen LogP contribution in [0.3, 0.4) is 0 Å². The predicted molar refractivity (Wildman–Crippen MR) is 51.7 cm³/mol. The molecule has 0 aliphatic rings. The summed E-state index contributed by atoms with van der Waals surface area (Å²) >= 11 is 0.